The molecule has 0 spiro atoms. The van der Waals surface area contributed by atoms with Crippen molar-refractivity contribution in [2.24, 2.45) is 7.05 Å². The van der Waals surface area contributed by atoms with Crippen molar-refractivity contribution >= 4 is 22.6 Å². The summed E-state index contributed by atoms with van der Waals surface area (Å²) in [5.74, 6) is 0. The Morgan fingerprint density at radius 2 is 1.71 bits per heavy atom. The van der Waals surface area contributed by atoms with Gasteiger partial charge in [-0.15, -0.1) is 0 Å². The molecule has 0 unspecified atom stereocenters. The third kappa shape index (κ3) is 2.41. The lowest BCUT2D eigenvalue weighted by atomic mass is 10.0. The van der Waals surface area contributed by atoms with Crippen LogP contribution in [0, 0.1) is 17.4 Å². The van der Waals surface area contributed by atoms with Crippen molar-refractivity contribution in [3.63, 3.8) is 0 Å². The van der Waals surface area contributed by atoms with Gasteiger partial charge in [0.25, 0.3) is 5.56 Å². The molecule has 1 aromatic heterocycles. The fraction of sp³-hybridized carbons (Fsp3) is 0.231. The number of benzene rings is 1. The van der Waals surface area contributed by atoms with Crippen molar-refractivity contribution < 1.29 is 0 Å². The smallest absolute Gasteiger partial charge is 0.267 e. The van der Waals surface area contributed by atoms with E-state index in [9.17, 15) is 4.79 Å². The standard InChI is InChI=1S/C13H13IN2O/c1-8-4-10(5-9(2)13(8)14)11-6-12(17)16(3)15-7-11/h4-7H,1-3H3. The quantitative estimate of drug-likeness (QED) is 0.748. The molecule has 88 valence electrons. The minimum atomic E-state index is -0.0867. The maximum atomic E-state index is 11.5. The molecule has 0 aliphatic heterocycles. The minimum absolute atomic E-state index is 0.0867. The monoisotopic (exact) mass is 340 g/mol. The average Bonchev–Trinajstić information content (AvgIpc) is 2.29. The third-order valence-electron chi connectivity index (χ3n) is 2.74. The Kier molecular flexibility index (Phi) is 3.33. The molecule has 0 atom stereocenters. The molecule has 0 aliphatic carbocycles. The van der Waals surface area contributed by atoms with Crippen molar-refractivity contribution in [1.82, 2.24) is 9.78 Å². The van der Waals surface area contributed by atoms with E-state index >= 15 is 0 Å². The second kappa shape index (κ2) is 4.60. The predicted octanol–water partition coefficient (Wildman–Crippen LogP) is 2.67. The van der Waals surface area contributed by atoms with Crippen LogP contribution in [0.4, 0.5) is 0 Å². The Balaban J connectivity index is 2.61. The normalized spacial score (nSPS) is 10.6. The zero-order chi connectivity index (χ0) is 12.6. The van der Waals surface area contributed by atoms with Crippen LogP contribution in [-0.2, 0) is 7.05 Å². The lowest BCUT2D eigenvalue weighted by Gasteiger charge is -2.08. The number of halogens is 1. The van der Waals surface area contributed by atoms with Crippen LogP contribution in [-0.4, -0.2) is 9.78 Å². The highest BCUT2D eigenvalue weighted by Gasteiger charge is 2.05. The van der Waals surface area contributed by atoms with Gasteiger partial charge in [0.1, 0.15) is 0 Å². The van der Waals surface area contributed by atoms with Gasteiger partial charge in [0.15, 0.2) is 0 Å². The molecule has 0 radical (unpaired) electrons. The number of hydrogen-bond donors (Lipinski definition) is 0. The highest BCUT2D eigenvalue weighted by molar-refractivity contribution is 14.1. The molecule has 2 rings (SSSR count). The van der Waals surface area contributed by atoms with Crippen LogP contribution in [0.15, 0.2) is 29.2 Å². The predicted molar refractivity (Wildman–Crippen MR) is 77.1 cm³/mol. The Morgan fingerprint density at radius 1 is 1.12 bits per heavy atom. The summed E-state index contributed by atoms with van der Waals surface area (Å²) >= 11 is 2.34. The number of rotatable bonds is 1. The lowest BCUT2D eigenvalue weighted by Crippen LogP contribution is -2.17. The van der Waals surface area contributed by atoms with E-state index in [1.807, 2.05) is 0 Å². The summed E-state index contributed by atoms with van der Waals surface area (Å²) in [7, 11) is 1.65. The van der Waals surface area contributed by atoms with Crippen LogP contribution in [0.25, 0.3) is 11.1 Å². The summed E-state index contributed by atoms with van der Waals surface area (Å²) in [4.78, 5) is 11.5. The number of hydrogen-bond acceptors (Lipinski definition) is 2. The zero-order valence-corrected chi connectivity index (χ0v) is 12.1. The fourth-order valence-corrected chi connectivity index (χ4v) is 2.05. The Bertz CT molecular complexity index is 609. The summed E-state index contributed by atoms with van der Waals surface area (Å²) in [5, 5.41) is 4.04. The largest absolute Gasteiger partial charge is 0.268 e. The highest BCUT2D eigenvalue weighted by atomic mass is 127. The van der Waals surface area contributed by atoms with E-state index < -0.39 is 0 Å². The first-order valence-corrected chi connectivity index (χ1v) is 6.37. The molecule has 17 heavy (non-hydrogen) atoms. The van der Waals surface area contributed by atoms with Gasteiger partial charge >= 0.3 is 0 Å². The van der Waals surface area contributed by atoms with Gasteiger partial charge in [-0.05, 0) is 53.1 Å². The third-order valence-corrected chi connectivity index (χ3v) is 4.44. The molecule has 3 nitrogen and oxygen atoms in total. The summed E-state index contributed by atoms with van der Waals surface area (Å²) in [6.45, 7) is 4.15. The Morgan fingerprint density at radius 3 is 2.24 bits per heavy atom. The van der Waals surface area contributed by atoms with E-state index in [2.05, 4.69) is 53.7 Å². The molecular formula is C13H13IN2O. The summed E-state index contributed by atoms with van der Waals surface area (Å²) in [5.41, 5.74) is 4.28. The molecule has 0 aliphatic rings. The van der Waals surface area contributed by atoms with E-state index in [1.165, 1.54) is 19.4 Å². The number of nitrogens with zero attached hydrogens (tertiary/aromatic N) is 2. The van der Waals surface area contributed by atoms with Crippen LogP contribution in [0.3, 0.4) is 0 Å². The summed E-state index contributed by atoms with van der Waals surface area (Å²) in [6.07, 6.45) is 1.72. The van der Waals surface area contributed by atoms with Crippen LogP contribution in [0.5, 0.6) is 0 Å². The van der Waals surface area contributed by atoms with Crippen molar-refractivity contribution in [2.45, 2.75) is 13.8 Å². The van der Waals surface area contributed by atoms with Gasteiger partial charge in [0.2, 0.25) is 0 Å². The van der Waals surface area contributed by atoms with Crippen molar-refractivity contribution in [3.05, 3.63) is 49.4 Å². The minimum Gasteiger partial charge on any atom is -0.268 e. The average molecular weight is 340 g/mol. The van der Waals surface area contributed by atoms with Crippen LogP contribution < -0.4 is 5.56 Å². The first-order chi connectivity index (χ1) is 7.99. The molecule has 2 aromatic rings. The zero-order valence-electron chi connectivity index (χ0n) is 9.99. The first kappa shape index (κ1) is 12.3. The SMILES string of the molecule is Cc1cc(-c2cnn(C)c(=O)c2)cc(C)c1I. The van der Waals surface area contributed by atoms with Gasteiger partial charge in [0.05, 0.1) is 6.20 Å². The Labute approximate surface area is 114 Å². The van der Waals surface area contributed by atoms with Crippen LogP contribution in [0.1, 0.15) is 11.1 Å². The van der Waals surface area contributed by atoms with Crippen molar-refractivity contribution in [1.29, 1.82) is 0 Å². The molecule has 1 heterocycles. The highest BCUT2D eigenvalue weighted by Crippen LogP contribution is 2.24. The molecule has 0 saturated carbocycles. The Hall–Kier alpha value is -1.17. The van der Waals surface area contributed by atoms with Gasteiger partial charge < -0.3 is 0 Å². The van der Waals surface area contributed by atoms with Crippen LogP contribution in [0.2, 0.25) is 0 Å². The molecule has 0 amide bonds. The number of aromatic nitrogens is 2. The molecule has 0 fully saturated rings. The van der Waals surface area contributed by atoms with Gasteiger partial charge in [-0.25, -0.2) is 4.68 Å². The van der Waals surface area contributed by atoms with E-state index in [1.54, 1.807) is 19.3 Å². The van der Waals surface area contributed by atoms with Gasteiger partial charge in [-0.1, -0.05) is 12.1 Å². The molecular weight excluding hydrogens is 327 g/mol. The topological polar surface area (TPSA) is 34.9 Å². The second-order valence-corrected chi connectivity index (χ2v) is 5.21. The van der Waals surface area contributed by atoms with E-state index in [0.717, 1.165) is 11.1 Å². The first-order valence-electron chi connectivity index (χ1n) is 5.29. The van der Waals surface area contributed by atoms with Crippen molar-refractivity contribution in [2.75, 3.05) is 0 Å². The summed E-state index contributed by atoms with van der Waals surface area (Å²) < 4.78 is 2.60. The lowest BCUT2D eigenvalue weighted by molar-refractivity contribution is 0.708. The molecule has 0 saturated heterocycles. The molecule has 1 aromatic carbocycles. The fourth-order valence-electron chi connectivity index (χ4n) is 1.74. The van der Waals surface area contributed by atoms with Gasteiger partial charge in [0, 0.05) is 22.2 Å². The van der Waals surface area contributed by atoms with E-state index in [0.29, 0.717) is 0 Å². The second-order valence-electron chi connectivity index (χ2n) is 4.13. The molecule has 0 bridgehead atoms. The summed E-state index contributed by atoms with van der Waals surface area (Å²) in [6, 6.07) is 5.80. The molecule has 0 N–H and O–H groups in total. The maximum Gasteiger partial charge on any atom is 0.267 e. The van der Waals surface area contributed by atoms with E-state index in [4.69, 9.17) is 0 Å². The number of aryl methyl sites for hydroxylation is 3. The van der Waals surface area contributed by atoms with Gasteiger partial charge in [-0.2, -0.15) is 5.10 Å². The maximum absolute atomic E-state index is 11.5. The van der Waals surface area contributed by atoms with Crippen molar-refractivity contribution in [3.8, 4) is 11.1 Å². The van der Waals surface area contributed by atoms with E-state index in [-0.39, 0.29) is 5.56 Å². The van der Waals surface area contributed by atoms with Gasteiger partial charge in [-0.3, -0.25) is 4.79 Å². The molecule has 4 heteroatoms. The van der Waals surface area contributed by atoms with Crippen LogP contribution >= 0.6 is 22.6 Å².